The summed E-state index contributed by atoms with van der Waals surface area (Å²) >= 11 is 0. The van der Waals surface area contributed by atoms with Crippen LogP contribution in [-0.4, -0.2) is 49.2 Å². The third-order valence-corrected chi connectivity index (χ3v) is 5.86. The third kappa shape index (κ3) is 4.76. The molecular weight excluding hydrogens is 404 g/mol. The van der Waals surface area contributed by atoms with Crippen LogP contribution in [0.2, 0.25) is 0 Å². The number of rotatable bonds is 6. The molecule has 2 unspecified atom stereocenters. The second-order valence-corrected chi connectivity index (χ2v) is 8.56. The third-order valence-electron chi connectivity index (χ3n) is 5.86. The summed E-state index contributed by atoms with van der Waals surface area (Å²) in [6.45, 7) is 9.21. The van der Waals surface area contributed by atoms with Crippen molar-refractivity contribution in [2.75, 3.05) is 26.2 Å². The molecule has 0 radical (unpaired) electrons. The van der Waals surface area contributed by atoms with E-state index < -0.39 is 0 Å². The highest BCUT2D eigenvalue weighted by Crippen LogP contribution is 2.27. The minimum absolute atomic E-state index is 0.115. The number of nitrogens with one attached hydrogen (secondary N) is 1. The van der Waals surface area contributed by atoms with Crippen LogP contribution in [0.5, 0.6) is 0 Å². The molecule has 4 rings (SSSR count). The molecule has 1 fully saturated rings. The monoisotopic (exact) mass is 434 g/mol. The second-order valence-electron chi connectivity index (χ2n) is 8.56. The molecule has 6 nitrogen and oxygen atoms in total. The second kappa shape index (κ2) is 9.67. The number of carbonyl (C=O) groups is 1. The van der Waals surface area contributed by atoms with Crippen molar-refractivity contribution in [3.8, 4) is 11.3 Å². The number of para-hydroxylation sites is 1. The molecule has 6 heteroatoms. The average molecular weight is 435 g/mol. The zero-order valence-corrected chi connectivity index (χ0v) is 18.9. The van der Waals surface area contributed by atoms with Crippen molar-refractivity contribution in [3.05, 3.63) is 69.9 Å². The first-order chi connectivity index (χ1) is 15.4. The number of fused-ring (bicyclic) bond motifs is 1. The van der Waals surface area contributed by atoms with Crippen LogP contribution in [-0.2, 0) is 4.74 Å². The average Bonchev–Trinajstić information content (AvgIpc) is 2.78. The molecule has 2 heterocycles. The maximum absolute atomic E-state index is 13.0. The van der Waals surface area contributed by atoms with Crippen molar-refractivity contribution in [1.29, 1.82) is 0 Å². The van der Waals surface area contributed by atoms with Crippen molar-refractivity contribution in [1.82, 2.24) is 10.2 Å². The van der Waals surface area contributed by atoms with Crippen LogP contribution in [0.25, 0.3) is 22.3 Å². The Hall–Kier alpha value is -2.96. The van der Waals surface area contributed by atoms with E-state index in [1.54, 1.807) is 25.1 Å². The molecule has 2 aromatic carbocycles. The van der Waals surface area contributed by atoms with Gasteiger partial charge in [0.05, 0.1) is 23.2 Å². The van der Waals surface area contributed by atoms with Crippen LogP contribution in [0.4, 0.5) is 0 Å². The molecule has 0 spiro atoms. The van der Waals surface area contributed by atoms with E-state index >= 15 is 0 Å². The Bertz CT molecular complexity index is 1150. The molecule has 0 saturated carbocycles. The fourth-order valence-corrected chi connectivity index (χ4v) is 4.42. The van der Waals surface area contributed by atoms with Gasteiger partial charge in [0.25, 0.3) is 5.91 Å². The molecule has 32 heavy (non-hydrogen) atoms. The number of carbonyl (C=O) groups excluding carboxylic acids is 1. The number of ether oxygens (including phenoxy) is 1. The Morgan fingerprint density at radius 2 is 1.78 bits per heavy atom. The van der Waals surface area contributed by atoms with Gasteiger partial charge in [0.2, 0.25) is 0 Å². The van der Waals surface area contributed by atoms with Gasteiger partial charge in [-0.15, -0.1) is 0 Å². The van der Waals surface area contributed by atoms with Gasteiger partial charge in [0.1, 0.15) is 5.76 Å². The molecule has 1 aliphatic rings. The van der Waals surface area contributed by atoms with E-state index in [4.69, 9.17) is 9.15 Å². The summed E-state index contributed by atoms with van der Waals surface area (Å²) in [5, 5.41) is 3.41. The van der Waals surface area contributed by atoms with Crippen LogP contribution >= 0.6 is 0 Å². The quantitative estimate of drug-likeness (QED) is 0.594. The first-order valence-electron chi connectivity index (χ1n) is 11.2. The molecule has 168 valence electrons. The summed E-state index contributed by atoms with van der Waals surface area (Å²) in [5.41, 5.74) is 1.94. The van der Waals surface area contributed by atoms with Gasteiger partial charge in [-0.05, 0) is 39.3 Å². The minimum atomic E-state index is -0.231. The molecule has 0 bridgehead atoms. The maximum atomic E-state index is 13.0. The molecule has 1 aliphatic heterocycles. The van der Waals surface area contributed by atoms with Crippen molar-refractivity contribution in [2.24, 2.45) is 0 Å². The summed E-state index contributed by atoms with van der Waals surface area (Å²) in [5.74, 6) is 0.268. The van der Waals surface area contributed by atoms with Crippen LogP contribution < -0.4 is 10.7 Å². The summed E-state index contributed by atoms with van der Waals surface area (Å²) < 4.78 is 11.9. The Morgan fingerprint density at radius 3 is 2.50 bits per heavy atom. The molecule has 1 N–H and O–H groups in total. The highest BCUT2D eigenvalue weighted by atomic mass is 16.5. The molecule has 1 amide bonds. The highest BCUT2D eigenvalue weighted by molar-refractivity contribution is 6.05. The van der Waals surface area contributed by atoms with Crippen LogP contribution in [0, 0.1) is 6.92 Å². The number of morpholine rings is 1. The highest BCUT2D eigenvalue weighted by Gasteiger charge is 2.22. The Kier molecular flexibility index (Phi) is 6.72. The topological polar surface area (TPSA) is 71.8 Å². The molecule has 1 aromatic heterocycles. The van der Waals surface area contributed by atoms with Gasteiger partial charge in [-0.3, -0.25) is 14.5 Å². The van der Waals surface area contributed by atoms with E-state index in [1.807, 2.05) is 30.3 Å². The lowest BCUT2D eigenvalue weighted by molar-refractivity contribution is -0.0679. The van der Waals surface area contributed by atoms with Gasteiger partial charge in [-0.25, -0.2) is 0 Å². The van der Waals surface area contributed by atoms with Crippen LogP contribution in [0.3, 0.4) is 0 Å². The zero-order chi connectivity index (χ0) is 22.7. The largest absolute Gasteiger partial charge is 0.455 e. The summed E-state index contributed by atoms with van der Waals surface area (Å²) in [4.78, 5) is 28.3. The predicted molar refractivity (Wildman–Crippen MR) is 126 cm³/mol. The first-order valence-corrected chi connectivity index (χ1v) is 11.2. The molecular formula is C26H30N2O4. The number of hydrogen-bond acceptors (Lipinski definition) is 5. The lowest BCUT2D eigenvalue weighted by atomic mass is 10.0. The number of hydrogen-bond donors (Lipinski definition) is 1. The van der Waals surface area contributed by atoms with E-state index in [9.17, 15) is 9.59 Å². The smallest absolute Gasteiger partial charge is 0.255 e. The van der Waals surface area contributed by atoms with Gasteiger partial charge >= 0.3 is 0 Å². The van der Waals surface area contributed by atoms with Gasteiger partial charge < -0.3 is 14.5 Å². The fraction of sp³-hybridized carbons (Fsp3) is 0.385. The Labute approximate surface area is 188 Å². The zero-order valence-electron chi connectivity index (χ0n) is 18.9. The first kappa shape index (κ1) is 22.2. The van der Waals surface area contributed by atoms with Crippen molar-refractivity contribution in [3.63, 3.8) is 0 Å². The number of benzene rings is 2. The Balaban J connectivity index is 1.50. The van der Waals surface area contributed by atoms with Gasteiger partial charge in [0, 0.05) is 37.3 Å². The molecule has 3 aromatic rings. The van der Waals surface area contributed by atoms with Crippen LogP contribution in [0.15, 0.2) is 57.7 Å². The number of amides is 1. The SMILES string of the molecule is Cc1c(-c2ccccc2)oc2c(C(=O)NCCCN3CC(C)OC(C)C3)cccc2c1=O. The van der Waals surface area contributed by atoms with E-state index in [0.29, 0.717) is 34.4 Å². The van der Waals surface area contributed by atoms with Gasteiger partial charge in [-0.1, -0.05) is 36.4 Å². The number of nitrogens with zero attached hydrogens (tertiary/aromatic N) is 1. The summed E-state index contributed by atoms with van der Waals surface area (Å²) in [6.07, 6.45) is 1.30. The van der Waals surface area contributed by atoms with Crippen LogP contribution in [0.1, 0.15) is 36.2 Å². The normalized spacial score (nSPS) is 19.2. The lowest BCUT2D eigenvalue weighted by Crippen LogP contribution is -2.46. The van der Waals surface area contributed by atoms with Crippen molar-refractivity contribution >= 4 is 16.9 Å². The summed E-state index contributed by atoms with van der Waals surface area (Å²) in [7, 11) is 0. The van der Waals surface area contributed by atoms with E-state index in [-0.39, 0.29) is 23.5 Å². The van der Waals surface area contributed by atoms with E-state index in [2.05, 4.69) is 24.1 Å². The van der Waals surface area contributed by atoms with E-state index in [0.717, 1.165) is 31.6 Å². The minimum Gasteiger partial charge on any atom is -0.455 e. The van der Waals surface area contributed by atoms with Crippen molar-refractivity contribution in [2.45, 2.75) is 39.4 Å². The predicted octanol–water partition coefficient (Wildman–Crippen LogP) is 4.00. The van der Waals surface area contributed by atoms with Gasteiger partial charge in [-0.2, -0.15) is 0 Å². The molecule has 2 atom stereocenters. The van der Waals surface area contributed by atoms with E-state index in [1.165, 1.54) is 0 Å². The molecule has 1 saturated heterocycles. The lowest BCUT2D eigenvalue weighted by Gasteiger charge is -2.35. The standard InChI is InChI=1S/C26H30N2O4/c1-17-15-28(16-18(2)31-17)14-8-13-27-26(30)22-12-7-11-21-23(29)19(3)24(32-25(21)22)20-9-5-4-6-10-20/h4-7,9-12,17-18H,8,13-16H2,1-3H3,(H,27,30). The molecule has 0 aliphatic carbocycles. The Morgan fingerprint density at radius 1 is 1.06 bits per heavy atom. The van der Waals surface area contributed by atoms with Crippen molar-refractivity contribution < 1.29 is 13.9 Å². The fourth-order valence-electron chi connectivity index (χ4n) is 4.42. The maximum Gasteiger partial charge on any atom is 0.255 e. The summed E-state index contributed by atoms with van der Waals surface area (Å²) in [6, 6.07) is 14.6. The van der Waals surface area contributed by atoms with Gasteiger partial charge in [0.15, 0.2) is 11.0 Å².